The second-order valence-corrected chi connectivity index (χ2v) is 9.02. The van der Waals surface area contributed by atoms with E-state index in [9.17, 15) is 9.59 Å². The fourth-order valence-electron chi connectivity index (χ4n) is 3.33. The highest BCUT2D eigenvalue weighted by Crippen LogP contribution is 2.37. The van der Waals surface area contributed by atoms with Gasteiger partial charge in [-0.3, -0.25) is 4.79 Å². The van der Waals surface area contributed by atoms with Gasteiger partial charge in [0.2, 0.25) is 5.91 Å². The van der Waals surface area contributed by atoms with Crippen molar-refractivity contribution in [2.24, 2.45) is 0 Å². The summed E-state index contributed by atoms with van der Waals surface area (Å²) in [6, 6.07) is 11.6. The molecule has 0 saturated carbocycles. The lowest BCUT2D eigenvalue weighted by molar-refractivity contribution is -0.116. The van der Waals surface area contributed by atoms with Crippen molar-refractivity contribution in [2.45, 2.75) is 26.7 Å². The Hall–Kier alpha value is -2.84. The monoisotopic (exact) mass is 531 g/mol. The van der Waals surface area contributed by atoms with Crippen LogP contribution in [0, 0.1) is 6.92 Å². The molecule has 0 aliphatic rings. The summed E-state index contributed by atoms with van der Waals surface area (Å²) >= 11 is 4.84. The standard InChI is InChI=1S/C25H26BrNO5S/c1-5-32-25(29)23-18(16-8-6-15(2)7-9-16)14-33-24(23)27-22(28)11-10-17-12-20(30-3)21(31-4)13-19(17)26/h6-9,12-14H,5,10-11H2,1-4H3,(H,27,28). The van der Waals surface area contributed by atoms with E-state index in [2.05, 4.69) is 21.2 Å². The van der Waals surface area contributed by atoms with Crippen LogP contribution in [0.15, 0.2) is 46.3 Å². The maximum atomic E-state index is 12.8. The molecular formula is C25H26BrNO5S. The summed E-state index contributed by atoms with van der Waals surface area (Å²) in [5.41, 5.74) is 4.07. The fraction of sp³-hybridized carbons (Fsp3) is 0.280. The van der Waals surface area contributed by atoms with Crippen molar-refractivity contribution in [3.63, 3.8) is 0 Å². The third kappa shape index (κ3) is 5.94. The molecule has 0 atom stereocenters. The normalized spacial score (nSPS) is 10.6. The average Bonchev–Trinajstić information content (AvgIpc) is 3.22. The Labute approximate surface area is 206 Å². The van der Waals surface area contributed by atoms with Crippen LogP contribution in [0.4, 0.5) is 5.00 Å². The van der Waals surface area contributed by atoms with E-state index in [-0.39, 0.29) is 18.9 Å². The lowest BCUT2D eigenvalue weighted by Gasteiger charge is -2.12. The largest absolute Gasteiger partial charge is 0.493 e. The number of carbonyl (C=O) groups is 2. The molecule has 8 heteroatoms. The fourth-order valence-corrected chi connectivity index (χ4v) is 4.82. The summed E-state index contributed by atoms with van der Waals surface area (Å²) in [6.07, 6.45) is 0.714. The third-order valence-corrected chi connectivity index (χ3v) is 6.69. The van der Waals surface area contributed by atoms with Gasteiger partial charge in [-0.05, 0) is 43.5 Å². The van der Waals surface area contributed by atoms with Crippen LogP contribution in [0.2, 0.25) is 0 Å². The molecule has 33 heavy (non-hydrogen) atoms. The minimum Gasteiger partial charge on any atom is -0.493 e. The summed E-state index contributed by atoms with van der Waals surface area (Å²) in [7, 11) is 3.14. The molecule has 1 N–H and O–H groups in total. The summed E-state index contributed by atoms with van der Waals surface area (Å²) in [6.45, 7) is 4.02. The minimum absolute atomic E-state index is 0.195. The van der Waals surface area contributed by atoms with Gasteiger partial charge in [0, 0.05) is 21.8 Å². The Morgan fingerprint density at radius 1 is 1.06 bits per heavy atom. The maximum absolute atomic E-state index is 12.8. The van der Waals surface area contributed by atoms with Gasteiger partial charge >= 0.3 is 5.97 Å². The number of ether oxygens (including phenoxy) is 3. The van der Waals surface area contributed by atoms with Crippen LogP contribution in [0.1, 0.15) is 34.8 Å². The third-order valence-electron chi connectivity index (χ3n) is 5.06. The molecule has 1 heterocycles. The molecule has 2 aromatic carbocycles. The molecule has 0 fully saturated rings. The summed E-state index contributed by atoms with van der Waals surface area (Å²) in [4.78, 5) is 25.5. The first-order valence-electron chi connectivity index (χ1n) is 10.4. The van der Waals surface area contributed by atoms with Crippen LogP contribution in [0.3, 0.4) is 0 Å². The number of amides is 1. The highest BCUT2D eigenvalue weighted by molar-refractivity contribution is 9.10. The quantitative estimate of drug-likeness (QED) is 0.330. The minimum atomic E-state index is -0.452. The molecular weight excluding hydrogens is 506 g/mol. The van der Waals surface area contributed by atoms with E-state index in [0.717, 1.165) is 26.7 Å². The smallest absolute Gasteiger partial charge is 0.341 e. The van der Waals surface area contributed by atoms with E-state index in [1.54, 1.807) is 21.1 Å². The van der Waals surface area contributed by atoms with E-state index < -0.39 is 5.97 Å². The van der Waals surface area contributed by atoms with E-state index in [0.29, 0.717) is 28.5 Å². The molecule has 0 spiro atoms. The second-order valence-electron chi connectivity index (χ2n) is 7.29. The highest BCUT2D eigenvalue weighted by Gasteiger charge is 2.23. The number of anilines is 1. The Balaban J connectivity index is 1.79. The SMILES string of the molecule is CCOC(=O)c1c(-c2ccc(C)cc2)csc1NC(=O)CCc1cc(OC)c(OC)cc1Br. The molecule has 3 aromatic rings. The number of esters is 1. The Kier molecular flexibility index (Phi) is 8.52. The first-order chi connectivity index (χ1) is 15.9. The number of benzene rings is 2. The van der Waals surface area contributed by atoms with Gasteiger partial charge in [-0.2, -0.15) is 0 Å². The van der Waals surface area contributed by atoms with Gasteiger partial charge in [-0.15, -0.1) is 11.3 Å². The van der Waals surface area contributed by atoms with E-state index >= 15 is 0 Å². The maximum Gasteiger partial charge on any atom is 0.341 e. The second kappa shape index (κ2) is 11.3. The predicted molar refractivity (Wildman–Crippen MR) is 135 cm³/mol. The van der Waals surface area contributed by atoms with Gasteiger partial charge in [0.1, 0.15) is 10.6 Å². The molecule has 0 aliphatic heterocycles. The first-order valence-corrected chi connectivity index (χ1v) is 12.1. The van der Waals surface area contributed by atoms with Crippen molar-refractivity contribution >= 4 is 44.1 Å². The van der Waals surface area contributed by atoms with Crippen molar-refractivity contribution < 1.29 is 23.8 Å². The van der Waals surface area contributed by atoms with Crippen molar-refractivity contribution in [2.75, 3.05) is 26.1 Å². The number of nitrogens with one attached hydrogen (secondary N) is 1. The zero-order valence-electron chi connectivity index (χ0n) is 19.0. The number of hydrogen-bond acceptors (Lipinski definition) is 6. The number of hydrogen-bond donors (Lipinski definition) is 1. The van der Waals surface area contributed by atoms with Gasteiger partial charge in [-0.25, -0.2) is 4.79 Å². The van der Waals surface area contributed by atoms with Crippen molar-refractivity contribution in [3.8, 4) is 22.6 Å². The van der Waals surface area contributed by atoms with Crippen LogP contribution in [0.5, 0.6) is 11.5 Å². The summed E-state index contributed by atoms with van der Waals surface area (Å²) in [5.74, 6) is 0.562. The Morgan fingerprint density at radius 2 is 1.73 bits per heavy atom. The number of carbonyl (C=O) groups excluding carboxylic acids is 2. The van der Waals surface area contributed by atoms with Crippen molar-refractivity contribution in [1.29, 1.82) is 0 Å². The van der Waals surface area contributed by atoms with Gasteiger partial charge in [0.15, 0.2) is 11.5 Å². The number of thiophene rings is 1. The molecule has 3 rings (SSSR count). The predicted octanol–water partition coefficient (Wildman–Crippen LogP) is 6.25. The van der Waals surface area contributed by atoms with Crippen LogP contribution in [-0.2, 0) is 16.0 Å². The van der Waals surface area contributed by atoms with Gasteiger partial charge in [0.05, 0.1) is 20.8 Å². The Bertz CT molecular complexity index is 1140. The van der Waals surface area contributed by atoms with Crippen LogP contribution in [-0.4, -0.2) is 32.7 Å². The van der Waals surface area contributed by atoms with E-state index in [1.807, 2.05) is 48.7 Å². The molecule has 1 amide bonds. The van der Waals surface area contributed by atoms with E-state index in [1.165, 1.54) is 11.3 Å². The van der Waals surface area contributed by atoms with Gasteiger partial charge in [-0.1, -0.05) is 45.8 Å². The van der Waals surface area contributed by atoms with Crippen LogP contribution >= 0.6 is 27.3 Å². The highest BCUT2D eigenvalue weighted by atomic mass is 79.9. The molecule has 0 saturated heterocycles. The molecule has 0 bridgehead atoms. The average molecular weight is 532 g/mol. The topological polar surface area (TPSA) is 73.9 Å². The zero-order valence-corrected chi connectivity index (χ0v) is 21.4. The van der Waals surface area contributed by atoms with E-state index in [4.69, 9.17) is 14.2 Å². The molecule has 6 nitrogen and oxygen atoms in total. The molecule has 174 valence electrons. The van der Waals surface area contributed by atoms with Crippen LogP contribution < -0.4 is 14.8 Å². The number of halogens is 1. The molecule has 0 unspecified atom stereocenters. The molecule has 1 aromatic heterocycles. The van der Waals surface area contributed by atoms with Gasteiger partial charge < -0.3 is 19.5 Å². The Morgan fingerprint density at radius 3 is 2.36 bits per heavy atom. The molecule has 0 radical (unpaired) electrons. The zero-order chi connectivity index (χ0) is 24.0. The molecule has 0 aliphatic carbocycles. The lowest BCUT2D eigenvalue weighted by atomic mass is 10.0. The van der Waals surface area contributed by atoms with Gasteiger partial charge in [0.25, 0.3) is 0 Å². The van der Waals surface area contributed by atoms with Crippen molar-refractivity contribution in [1.82, 2.24) is 0 Å². The number of aryl methyl sites for hydroxylation is 2. The number of rotatable bonds is 9. The van der Waals surface area contributed by atoms with Crippen LogP contribution in [0.25, 0.3) is 11.1 Å². The number of methoxy groups -OCH3 is 2. The summed E-state index contributed by atoms with van der Waals surface area (Å²) in [5, 5.41) is 5.26. The lowest BCUT2D eigenvalue weighted by Crippen LogP contribution is -2.15. The summed E-state index contributed by atoms with van der Waals surface area (Å²) < 4.78 is 16.8. The van der Waals surface area contributed by atoms with Crippen molar-refractivity contribution in [3.05, 3.63) is 62.9 Å². The first kappa shape index (κ1) is 24.8.